The summed E-state index contributed by atoms with van der Waals surface area (Å²) >= 11 is 12.2. The van der Waals surface area contributed by atoms with E-state index in [9.17, 15) is 14.4 Å². The Morgan fingerprint density at radius 2 is 1.59 bits per heavy atom. The van der Waals surface area contributed by atoms with Crippen molar-refractivity contribution < 1.29 is 14.4 Å². The first-order valence-corrected chi connectivity index (χ1v) is 9.96. The largest absolute Gasteiger partial charge is 0.344 e. The number of hydrogen-bond donors (Lipinski definition) is 1. The zero-order valence-electron chi connectivity index (χ0n) is 15.2. The molecule has 1 aromatic carbocycles. The van der Waals surface area contributed by atoms with Gasteiger partial charge in [0.2, 0.25) is 11.8 Å². The second-order valence-electron chi connectivity index (χ2n) is 7.07. The van der Waals surface area contributed by atoms with E-state index in [1.165, 1.54) is 0 Å². The van der Waals surface area contributed by atoms with E-state index in [0.717, 1.165) is 19.3 Å². The van der Waals surface area contributed by atoms with Crippen LogP contribution in [0.15, 0.2) is 18.2 Å². The Hall–Kier alpha value is -1.79. The Morgan fingerprint density at radius 1 is 1.04 bits per heavy atom. The molecular formula is C19H23Cl2N3O3. The summed E-state index contributed by atoms with van der Waals surface area (Å²) < 4.78 is 0. The van der Waals surface area contributed by atoms with E-state index < -0.39 is 6.04 Å². The Labute approximate surface area is 168 Å². The van der Waals surface area contributed by atoms with Gasteiger partial charge in [-0.3, -0.25) is 14.4 Å². The number of nitrogens with zero attached hydrogens (tertiary/aromatic N) is 2. The summed E-state index contributed by atoms with van der Waals surface area (Å²) in [5.74, 6) is -0.339. The maximum absolute atomic E-state index is 12.7. The quantitative estimate of drug-likeness (QED) is 0.827. The number of carbonyl (C=O) groups excluding carboxylic acids is 3. The molecule has 2 fully saturated rings. The molecule has 3 amide bonds. The molecule has 1 heterocycles. The molecule has 6 nitrogen and oxygen atoms in total. The fourth-order valence-corrected chi connectivity index (χ4v) is 3.89. The lowest BCUT2D eigenvalue weighted by molar-refractivity contribution is -0.138. The van der Waals surface area contributed by atoms with Crippen molar-refractivity contribution >= 4 is 40.9 Å². The molecule has 1 aliphatic carbocycles. The van der Waals surface area contributed by atoms with Gasteiger partial charge in [0.05, 0.1) is 15.6 Å². The Kier molecular flexibility index (Phi) is 6.27. The monoisotopic (exact) mass is 411 g/mol. The highest BCUT2D eigenvalue weighted by molar-refractivity contribution is 6.39. The SMILES string of the molecule is CC(NC(=O)C1CCC1)C(=O)N1CCN(C(=O)c2c(Cl)cccc2Cl)CC1. The predicted octanol–water partition coefficient (Wildman–Crippen LogP) is 2.58. The molecule has 0 radical (unpaired) electrons. The average Bonchev–Trinajstić information content (AvgIpc) is 2.59. The van der Waals surface area contributed by atoms with Gasteiger partial charge in [0.1, 0.15) is 6.04 Å². The summed E-state index contributed by atoms with van der Waals surface area (Å²) in [6.45, 7) is 3.33. The normalized spacial score (nSPS) is 18.6. The molecule has 2 aliphatic rings. The van der Waals surface area contributed by atoms with E-state index >= 15 is 0 Å². The van der Waals surface area contributed by atoms with Crippen molar-refractivity contribution in [2.45, 2.75) is 32.2 Å². The van der Waals surface area contributed by atoms with Crippen LogP contribution in [0.5, 0.6) is 0 Å². The molecule has 27 heavy (non-hydrogen) atoms. The lowest BCUT2D eigenvalue weighted by atomic mass is 9.84. The lowest BCUT2D eigenvalue weighted by Gasteiger charge is -2.36. The molecule has 1 atom stereocenters. The number of halogens is 2. The predicted molar refractivity (Wildman–Crippen MR) is 104 cm³/mol. The molecule has 0 spiro atoms. The minimum Gasteiger partial charge on any atom is -0.344 e. The molecule has 1 aromatic rings. The zero-order valence-corrected chi connectivity index (χ0v) is 16.7. The molecule has 0 aromatic heterocycles. The molecule has 1 unspecified atom stereocenters. The first kappa shape index (κ1) is 20.0. The minimum atomic E-state index is -0.557. The molecule has 1 N–H and O–H groups in total. The van der Waals surface area contributed by atoms with Crippen molar-refractivity contribution in [3.05, 3.63) is 33.8 Å². The fourth-order valence-electron chi connectivity index (χ4n) is 3.33. The van der Waals surface area contributed by atoms with Crippen molar-refractivity contribution in [2.24, 2.45) is 5.92 Å². The highest BCUT2D eigenvalue weighted by Crippen LogP contribution is 2.27. The van der Waals surface area contributed by atoms with Crippen molar-refractivity contribution in [3.63, 3.8) is 0 Å². The van der Waals surface area contributed by atoms with Crippen LogP contribution in [-0.4, -0.2) is 59.7 Å². The molecule has 8 heteroatoms. The second-order valence-corrected chi connectivity index (χ2v) is 7.89. The van der Waals surface area contributed by atoms with E-state index in [1.807, 2.05) is 0 Å². The van der Waals surface area contributed by atoms with Crippen LogP contribution in [-0.2, 0) is 9.59 Å². The molecule has 1 aliphatic heterocycles. The molecule has 0 bridgehead atoms. The van der Waals surface area contributed by atoms with Crippen LogP contribution in [0, 0.1) is 5.92 Å². The van der Waals surface area contributed by atoms with E-state index in [2.05, 4.69) is 5.32 Å². The summed E-state index contributed by atoms with van der Waals surface area (Å²) in [5.41, 5.74) is 0.293. The Bertz CT molecular complexity index is 723. The van der Waals surface area contributed by atoms with Gasteiger partial charge >= 0.3 is 0 Å². The summed E-state index contributed by atoms with van der Waals surface area (Å²) in [5, 5.41) is 3.44. The van der Waals surface area contributed by atoms with Crippen LogP contribution >= 0.6 is 23.2 Å². The first-order chi connectivity index (χ1) is 12.9. The van der Waals surface area contributed by atoms with Crippen LogP contribution in [0.4, 0.5) is 0 Å². The van der Waals surface area contributed by atoms with Crippen molar-refractivity contribution in [1.82, 2.24) is 15.1 Å². The Morgan fingerprint density at radius 3 is 2.11 bits per heavy atom. The standard InChI is InChI=1S/C19H23Cl2N3O3/c1-12(22-17(25)13-4-2-5-13)18(26)23-8-10-24(11-9-23)19(27)16-14(20)6-3-7-15(16)21/h3,6-7,12-13H,2,4-5,8-11H2,1H3,(H,22,25). The Balaban J connectivity index is 1.54. The van der Waals surface area contributed by atoms with Gasteiger partial charge in [-0.25, -0.2) is 0 Å². The summed E-state index contributed by atoms with van der Waals surface area (Å²) in [6.07, 6.45) is 2.88. The van der Waals surface area contributed by atoms with Gasteiger partial charge in [0, 0.05) is 32.1 Å². The topological polar surface area (TPSA) is 69.7 Å². The van der Waals surface area contributed by atoms with E-state index in [4.69, 9.17) is 23.2 Å². The third-order valence-corrected chi connectivity index (χ3v) is 5.89. The molecular weight excluding hydrogens is 389 g/mol. The van der Waals surface area contributed by atoms with Crippen molar-refractivity contribution in [1.29, 1.82) is 0 Å². The lowest BCUT2D eigenvalue weighted by Crippen LogP contribution is -2.55. The first-order valence-electron chi connectivity index (χ1n) is 9.21. The summed E-state index contributed by atoms with van der Waals surface area (Å²) in [4.78, 5) is 40.6. The van der Waals surface area contributed by atoms with Gasteiger partial charge in [0.15, 0.2) is 0 Å². The highest BCUT2D eigenvalue weighted by atomic mass is 35.5. The van der Waals surface area contributed by atoms with Crippen molar-refractivity contribution in [2.75, 3.05) is 26.2 Å². The van der Waals surface area contributed by atoms with Crippen LogP contribution < -0.4 is 5.32 Å². The number of piperazine rings is 1. The number of carbonyl (C=O) groups is 3. The summed E-state index contributed by atoms with van der Waals surface area (Å²) in [6, 6.07) is 4.40. The van der Waals surface area contributed by atoms with Gasteiger partial charge in [-0.1, -0.05) is 35.7 Å². The number of amides is 3. The molecule has 3 rings (SSSR count). The van der Waals surface area contributed by atoms with E-state index in [0.29, 0.717) is 41.8 Å². The van der Waals surface area contributed by atoms with Gasteiger partial charge in [-0.15, -0.1) is 0 Å². The van der Waals surface area contributed by atoms with Gasteiger partial charge < -0.3 is 15.1 Å². The second kappa shape index (κ2) is 8.48. The highest BCUT2D eigenvalue weighted by Gasteiger charge is 2.31. The van der Waals surface area contributed by atoms with Crippen LogP contribution in [0.25, 0.3) is 0 Å². The average molecular weight is 412 g/mol. The molecule has 146 valence electrons. The third-order valence-electron chi connectivity index (χ3n) is 5.26. The number of hydrogen-bond acceptors (Lipinski definition) is 3. The van der Waals surface area contributed by atoms with E-state index in [-0.39, 0.29) is 23.6 Å². The van der Waals surface area contributed by atoms with Gasteiger partial charge in [0.25, 0.3) is 5.91 Å². The van der Waals surface area contributed by atoms with Crippen LogP contribution in [0.1, 0.15) is 36.5 Å². The molecule has 1 saturated heterocycles. The number of rotatable bonds is 4. The van der Waals surface area contributed by atoms with Crippen molar-refractivity contribution in [3.8, 4) is 0 Å². The van der Waals surface area contributed by atoms with Crippen LogP contribution in [0.3, 0.4) is 0 Å². The summed E-state index contributed by atoms with van der Waals surface area (Å²) in [7, 11) is 0. The maximum atomic E-state index is 12.7. The van der Waals surface area contributed by atoms with Gasteiger partial charge in [-0.2, -0.15) is 0 Å². The number of nitrogens with one attached hydrogen (secondary N) is 1. The fraction of sp³-hybridized carbons (Fsp3) is 0.526. The molecule has 1 saturated carbocycles. The smallest absolute Gasteiger partial charge is 0.257 e. The maximum Gasteiger partial charge on any atom is 0.257 e. The third kappa shape index (κ3) is 4.38. The van der Waals surface area contributed by atoms with E-state index in [1.54, 1.807) is 34.9 Å². The minimum absolute atomic E-state index is 0.0377. The zero-order chi connectivity index (χ0) is 19.6. The van der Waals surface area contributed by atoms with Crippen LogP contribution in [0.2, 0.25) is 10.0 Å². The van der Waals surface area contributed by atoms with Gasteiger partial charge in [-0.05, 0) is 31.9 Å². The number of benzene rings is 1.